The number of ether oxygens (including phenoxy) is 1. The van der Waals surface area contributed by atoms with E-state index in [1.54, 1.807) is 6.92 Å². The molecule has 1 heterocycles. The molecule has 4 atom stereocenters. The molecule has 3 aliphatic rings. The molecular formula is C20H28O4. The molecule has 0 saturated heterocycles. The molecule has 0 amide bonds. The van der Waals surface area contributed by atoms with Crippen LogP contribution in [0.15, 0.2) is 22.8 Å². The van der Waals surface area contributed by atoms with Gasteiger partial charge in [0.1, 0.15) is 17.5 Å². The fraction of sp³-hybridized carbons (Fsp3) is 0.700. The number of rotatable bonds is 0. The highest BCUT2D eigenvalue weighted by Gasteiger charge is 2.61. The molecule has 0 aromatic rings. The number of carbonyl (C=O) groups excluding carboxylic acids is 2. The van der Waals surface area contributed by atoms with E-state index in [2.05, 4.69) is 13.0 Å². The normalized spacial score (nSPS) is 40.6. The highest BCUT2D eigenvalue weighted by Crippen LogP contribution is 2.58. The first kappa shape index (κ1) is 17.4. The predicted octanol–water partition coefficient (Wildman–Crippen LogP) is 3.49. The molecule has 2 aliphatic carbocycles. The molecule has 0 spiro atoms. The molecule has 24 heavy (non-hydrogen) atoms. The second-order valence-electron chi connectivity index (χ2n) is 8.34. The minimum absolute atomic E-state index is 0.0785. The van der Waals surface area contributed by atoms with Crippen LogP contribution in [0.25, 0.3) is 0 Å². The van der Waals surface area contributed by atoms with E-state index in [9.17, 15) is 14.7 Å². The molecule has 0 radical (unpaired) electrons. The molecular weight excluding hydrogens is 304 g/mol. The van der Waals surface area contributed by atoms with Crippen LogP contribution in [-0.4, -0.2) is 28.6 Å². The Labute approximate surface area is 144 Å². The molecule has 0 aromatic heterocycles. The summed E-state index contributed by atoms with van der Waals surface area (Å²) < 4.78 is 5.68. The molecule has 1 fully saturated rings. The SMILES string of the molecule is CC1=CCC2(C)CCC3=C(C)C(=O)OC(CC(C)CC(=O)C1)C32O. The number of allylic oxidation sites excluding steroid dienone is 2. The van der Waals surface area contributed by atoms with Crippen molar-refractivity contribution in [3.63, 3.8) is 0 Å². The molecule has 0 bridgehead atoms. The van der Waals surface area contributed by atoms with E-state index in [1.165, 1.54) is 0 Å². The molecule has 4 unspecified atom stereocenters. The van der Waals surface area contributed by atoms with Gasteiger partial charge < -0.3 is 9.84 Å². The summed E-state index contributed by atoms with van der Waals surface area (Å²) in [6, 6.07) is 0. The predicted molar refractivity (Wildman–Crippen MR) is 91.3 cm³/mol. The van der Waals surface area contributed by atoms with Crippen molar-refractivity contribution in [1.29, 1.82) is 0 Å². The Morgan fingerprint density at radius 1 is 1.29 bits per heavy atom. The first-order valence-electron chi connectivity index (χ1n) is 8.98. The van der Waals surface area contributed by atoms with Gasteiger partial charge in [0, 0.05) is 23.8 Å². The van der Waals surface area contributed by atoms with Crippen molar-refractivity contribution in [3.05, 3.63) is 22.8 Å². The second-order valence-corrected chi connectivity index (χ2v) is 8.34. The number of Topliss-reactive ketones (excluding diaryl/α,β-unsaturated/α-hetero) is 1. The Morgan fingerprint density at radius 2 is 2.00 bits per heavy atom. The maximum atomic E-state index is 12.3. The molecule has 4 nitrogen and oxygen atoms in total. The van der Waals surface area contributed by atoms with E-state index in [1.807, 2.05) is 13.8 Å². The third-order valence-corrected chi connectivity index (χ3v) is 6.35. The Morgan fingerprint density at radius 3 is 2.71 bits per heavy atom. The number of carbonyl (C=O) groups is 2. The average molecular weight is 332 g/mol. The Bertz CT molecular complexity index is 644. The van der Waals surface area contributed by atoms with Gasteiger partial charge in [-0.05, 0) is 51.0 Å². The number of hydrogen-bond acceptors (Lipinski definition) is 4. The van der Waals surface area contributed by atoms with E-state index >= 15 is 0 Å². The minimum atomic E-state index is -1.12. The summed E-state index contributed by atoms with van der Waals surface area (Å²) in [5, 5.41) is 11.8. The molecule has 4 heteroatoms. The van der Waals surface area contributed by atoms with Gasteiger partial charge >= 0.3 is 5.97 Å². The maximum absolute atomic E-state index is 12.3. The van der Waals surface area contributed by atoms with Crippen molar-refractivity contribution >= 4 is 11.8 Å². The van der Waals surface area contributed by atoms with Crippen molar-refractivity contribution in [2.45, 2.75) is 77.9 Å². The first-order valence-corrected chi connectivity index (χ1v) is 8.98. The smallest absolute Gasteiger partial charge is 0.334 e. The lowest BCUT2D eigenvalue weighted by Gasteiger charge is -2.47. The summed E-state index contributed by atoms with van der Waals surface area (Å²) in [6.45, 7) is 7.84. The largest absolute Gasteiger partial charge is 0.456 e. The van der Waals surface area contributed by atoms with Gasteiger partial charge in [-0.2, -0.15) is 0 Å². The highest BCUT2D eigenvalue weighted by molar-refractivity contribution is 5.91. The van der Waals surface area contributed by atoms with Gasteiger partial charge in [-0.1, -0.05) is 25.5 Å². The topological polar surface area (TPSA) is 63.6 Å². The summed E-state index contributed by atoms with van der Waals surface area (Å²) in [5.74, 6) is -0.0201. The van der Waals surface area contributed by atoms with Gasteiger partial charge in [-0.25, -0.2) is 4.79 Å². The summed E-state index contributed by atoms with van der Waals surface area (Å²) in [7, 11) is 0. The van der Waals surface area contributed by atoms with E-state index < -0.39 is 11.7 Å². The Balaban J connectivity index is 2.10. The number of ketones is 1. The Hall–Kier alpha value is -1.42. The Kier molecular flexibility index (Phi) is 4.23. The first-order chi connectivity index (χ1) is 11.2. The van der Waals surface area contributed by atoms with E-state index in [0.717, 1.165) is 24.0 Å². The zero-order valence-electron chi connectivity index (χ0n) is 15.1. The summed E-state index contributed by atoms with van der Waals surface area (Å²) in [6.07, 6.45) is 5.26. The lowest BCUT2D eigenvalue weighted by Crippen LogP contribution is -2.57. The monoisotopic (exact) mass is 332 g/mol. The lowest BCUT2D eigenvalue weighted by atomic mass is 9.66. The van der Waals surface area contributed by atoms with Gasteiger partial charge in [0.25, 0.3) is 0 Å². The van der Waals surface area contributed by atoms with Crippen LogP contribution in [0.2, 0.25) is 0 Å². The van der Waals surface area contributed by atoms with Crippen molar-refractivity contribution in [2.24, 2.45) is 11.3 Å². The minimum Gasteiger partial charge on any atom is -0.456 e. The van der Waals surface area contributed by atoms with Gasteiger partial charge in [0.2, 0.25) is 0 Å². The van der Waals surface area contributed by atoms with E-state index in [-0.39, 0.29) is 23.1 Å². The molecule has 1 saturated carbocycles. The van der Waals surface area contributed by atoms with Gasteiger partial charge in [0.05, 0.1) is 0 Å². The third kappa shape index (κ3) is 2.55. The van der Waals surface area contributed by atoms with Crippen LogP contribution in [0.5, 0.6) is 0 Å². The number of hydrogen-bond donors (Lipinski definition) is 1. The van der Waals surface area contributed by atoms with Crippen LogP contribution < -0.4 is 0 Å². The fourth-order valence-corrected chi connectivity index (χ4v) is 4.80. The maximum Gasteiger partial charge on any atom is 0.334 e. The molecule has 3 rings (SSSR count). The van der Waals surface area contributed by atoms with Crippen LogP contribution in [-0.2, 0) is 14.3 Å². The zero-order chi connectivity index (χ0) is 17.7. The summed E-state index contributed by atoms with van der Waals surface area (Å²) in [4.78, 5) is 24.5. The van der Waals surface area contributed by atoms with Crippen LogP contribution in [0, 0.1) is 11.3 Å². The fourth-order valence-electron chi connectivity index (χ4n) is 4.80. The number of esters is 1. The molecule has 1 aliphatic heterocycles. The average Bonchev–Trinajstić information content (AvgIpc) is 2.75. The number of aliphatic hydroxyl groups is 1. The van der Waals surface area contributed by atoms with Crippen molar-refractivity contribution in [1.82, 2.24) is 0 Å². The molecule has 1 N–H and O–H groups in total. The van der Waals surface area contributed by atoms with Crippen LogP contribution in [0.1, 0.15) is 66.2 Å². The van der Waals surface area contributed by atoms with Crippen LogP contribution >= 0.6 is 0 Å². The van der Waals surface area contributed by atoms with Crippen LogP contribution in [0.3, 0.4) is 0 Å². The molecule has 0 aromatic carbocycles. The van der Waals surface area contributed by atoms with Crippen molar-refractivity contribution in [2.75, 3.05) is 0 Å². The van der Waals surface area contributed by atoms with Gasteiger partial charge in [0.15, 0.2) is 0 Å². The van der Waals surface area contributed by atoms with E-state index in [4.69, 9.17) is 4.74 Å². The third-order valence-electron chi connectivity index (χ3n) is 6.35. The van der Waals surface area contributed by atoms with Gasteiger partial charge in [-0.3, -0.25) is 4.79 Å². The second kappa shape index (κ2) is 5.83. The van der Waals surface area contributed by atoms with Crippen molar-refractivity contribution in [3.8, 4) is 0 Å². The van der Waals surface area contributed by atoms with E-state index in [0.29, 0.717) is 31.3 Å². The highest BCUT2D eigenvalue weighted by atomic mass is 16.6. The van der Waals surface area contributed by atoms with Crippen LogP contribution in [0.4, 0.5) is 0 Å². The molecule has 132 valence electrons. The summed E-state index contributed by atoms with van der Waals surface area (Å²) in [5.41, 5.74) is 0.997. The quantitative estimate of drug-likeness (QED) is 0.545. The van der Waals surface area contributed by atoms with Gasteiger partial charge in [-0.15, -0.1) is 0 Å². The van der Waals surface area contributed by atoms with Crippen molar-refractivity contribution < 1.29 is 19.4 Å². The summed E-state index contributed by atoms with van der Waals surface area (Å²) >= 11 is 0. The standard InChI is InChI=1S/C20H28O4/c1-12-5-7-19(4)8-6-16-14(3)18(22)24-17(20(16,19)23)11-13(2)10-15(21)9-12/h5,13,17,23H,6-11H2,1-4H3. The lowest BCUT2D eigenvalue weighted by molar-refractivity contribution is -0.177. The zero-order valence-corrected chi connectivity index (χ0v) is 15.1.